The van der Waals surface area contributed by atoms with Crippen LogP contribution in [0.4, 0.5) is 0 Å². The second-order valence-electron chi connectivity index (χ2n) is 7.58. The molecule has 1 amide bonds. The molecule has 0 radical (unpaired) electrons. The Morgan fingerprint density at radius 3 is 2.07 bits per heavy atom. The SMILES string of the molecule is COc1ccc(C(=N)c2ccccc2C(=N)N2CCN(C(=O)C3CC3)CC2)cc1. The summed E-state index contributed by atoms with van der Waals surface area (Å²) in [4.78, 5) is 16.2. The first kappa shape index (κ1) is 19.2. The highest BCUT2D eigenvalue weighted by Crippen LogP contribution is 2.31. The molecule has 6 nitrogen and oxygen atoms in total. The Labute approximate surface area is 171 Å². The van der Waals surface area contributed by atoms with Gasteiger partial charge in [-0.25, -0.2) is 0 Å². The number of nitrogens with one attached hydrogen (secondary N) is 2. The van der Waals surface area contributed by atoms with E-state index in [1.54, 1.807) is 7.11 Å². The van der Waals surface area contributed by atoms with Crippen molar-refractivity contribution in [3.8, 4) is 5.75 Å². The van der Waals surface area contributed by atoms with Crippen molar-refractivity contribution in [1.82, 2.24) is 9.80 Å². The smallest absolute Gasteiger partial charge is 0.225 e. The van der Waals surface area contributed by atoms with Crippen molar-refractivity contribution in [3.05, 3.63) is 65.2 Å². The monoisotopic (exact) mass is 390 g/mol. The molecule has 2 N–H and O–H groups in total. The lowest BCUT2D eigenvalue weighted by Crippen LogP contribution is -2.51. The van der Waals surface area contributed by atoms with Crippen molar-refractivity contribution in [2.75, 3.05) is 33.3 Å². The van der Waals surface area contributed by atoms with Crippen LogP contribution < -0.4 is 4.74 Å². The van der Waals surface area contributed by atoms with E-state index in [-0.39, 0.29) is 11.8 Å². The van der Waals surface area contributed by atoms with Gasteiger partial charge in [-0.3, -0.25) is 15.6 Å². The number of carbonyl (C=O) groups excluding carboxylic acids is 1. The van der Waals surface area contributed by atoms with Crippen molar-refractivity contribution in [2.45, 2.75) is 12.8 Å². The summed E-state index contributed by atoms with van der Waals surface area (Å²) < 4.78 is 5.20. The van der Waals surface area contributed by atoms with Gasteiger partial charge in [0.1, 0.15) is 11.6 Å². The predicted molar refractivity (Wildman–Crippen MR) is 113 cm³/mol. The van der Waals surface area contributed by atoms with Crippen LogP contribution in [0.2, 0.25) is 0 Å². The summed E-state index contributed by atoms with van der Waals surface area (Å²) >= 11 is 0. The molecule has 0 spiro atoms. The van der Waals surface area contributed by atoms with E-state index in [9.17, 15) is 4.79 Å². The van der Waals surface area contributed by atoms with Gasteiger partial charge in [0.25, 0.3) is 0 Å². The number of hydrogen-bond donors (Lipinski definition) is 2. The highest BCUT2D eigenvalue weighted by atomic mass is 16.5. The topological polar surface area (TPSA) is 80.5 Å². The Balaban J connectivity index is 1.49. The zero-order valence-electron chi connectivity index (χ0n) is 16.6. The van der Waals surface area contributed by atoms with Crippen LogP contribution in [-0.4, -0.2) is 60.5 Å². The Kier molecular flexibility index (Phi) is 5.34. The quantitative estimate of drug-likeness (QED) is 0.608. The fourth-order valence-electron chi connectivity index (χ4n) is 3.73. The first-order valence-corrected chi connectivity index (χ1v) is 10.0. The van der Waals surface area contributed by atoms with E-state index in [1.165, 1.54) is 0 Å². The van der Waals surface area contributed by atoms with Gasteiger partial charge in [0.15, 0.2) is 0 Å². The van der Waals surface area contributed by atoms with E-state index >= 15 is 0 Å². The molecule has 0 aromatic heterocycles. The standard InChI is InChI=1S/C23H26N4O2/c1-29-18-10-8-16(9-11-18)21(24)19-4-2-3-5-20(19)22(25)26-12-14-27(15-13-26)23(28)17-6-7-17/h2-5,8-11,17,24-25H,6-7,12-15H2,1H3. The van der Waals surface area contributed by atoms with Crippen molar-refractivity contribution < 1.29 is 9.53 Å². The number of amidine groups is 1. The van der Waals surface area contributed by atoms with E-state index < -0.39 is 0 Å². The van der Waals surface area contributed by atoms with Gasteiger partial charge in [0.05, 0.1) is 12.8 Å². The average Bonchev–Trinajstić information content (AvgIpc) is 3.63. The second-order valence-corrected chi connectivity index (χ2v) is 7.58. The molecule has 2 aromatic carbocycles. The van der Waals surface area contributed by atoms with Crippen LogP contribution in [0.3, 0.4) is 0 Å². The minimum atomic E-state index is 0.242. The average molecular weight is 390 g/mol. The summed E-state index contributed by atoms with van der Waals surface area (Å²) in [6.07, 6.45) is 2.05. The fourth-order valence-corrected chi connectivity index (χ4v) is 3.73. The van der Waals surface area contributed by atoms with Crippen LogP contribution in [0.15, 0.2) is 48.5 Å². The van der Waals surface area contributed by atoms with Crippen LogP contribution in [0.1, 0.15) is 29.5 Å². The Morgan fingerprint density at radius 1 is 0.897 bits per heavy atom. The Bertz CT molecular complexity index is 926. The predicted octanol–water partition coefficient (Wildman–Crippen LogP) is 2.99. The number of hydrogen-bond acceptors (Lipinski definition) is 4. The third-order valence-corrected chi connectivity index (χ3v) is 5.66. The molecule has 0 bridgehead atoms. The molecule has 2 aliphatic rings. The van der Waals surface area contributed by atoms with Crippen LogP contribution >= 0.6 is 0 Å². The highest BCUT2D eigenvalue weighted by molar-refractivity contribution is 6.17. The number of nitrogens with zero attached hydrogens (tertiary/aromatic N) is 2. The summed E-state index contributed by atoms with van der Waals surface area (Å²) in [5, 5.41) is 17.4. The number of methoxy groups -OCH3 is 1. The van der Waals surface area contributed by atoms with Gasteiger partial charge in [-0.05, 0) is 37.1 Å². The Morgan fingerprint density at radius 2 is 1.48 bits per heavy atom. The summed E-state index contributed by atoms with van der Waals surface area (Å²) in [5.74, 6) is 1.68. The molecule has 29 heavy (non-hydrogen) atoms. The lowest BCUT2D eigenvalue weighted by molar-refractivity contribution is -0.133. The third-order valence-electron chi connectivity index (χ3n) is 5.66. The van der Waals surface area contributed by atoms with Crippen LogP contribution in [0.5, 0.6) is 5.75 Å². The molecular weight excluding hydrogens is 364 g/mol. The normalized spacial score (nSPS) is 16.4. The largest absolute Gasteiger partial charge is 0.497 e. The first-order chi connectivity index (χ1) is 14.1. The first-order valence-electron chi connectivity index (χ1n) is 10.0. The molecule has 1 saturated heterocycles. The van der Waals surface area contributed by atoms with E-state index in [0.29, 0.717) is 37.7 Å². The number of rotatable bonds is 5. The lowest BCUT2D eigenvalue weighted by Gasteiger charge is -2.36. The number of piperazine rings is 1. The summed E-state index contributed by atoms with van der Waals surface area (Å²) in [6, 6.07) is 15.0. The number of carbonyl (C=O) groups is 1. The van der Waals surface area contributed by atoms with E-state index in [2.05, 4.69) is 0 Å². The summed E-state index contributed by atoms with van der Waals surface area (Å²) in [6.45, 7) is 2.63. The van der Waals surface area contributed by atoms with Gasteiger partial charge < -0.3 is 14.5 Å². The minimum Gasteiger partial charge on any atom is -0.497 e. The summed E-state index contributed by atoms with van der Waals surface area (Å²) in [7, 11) is 1.62. The third kappa shape index (κ3) is 4.01. The van der Waals surface area contributed by atoms with Gasteiger partial charge in [0, 0.05) is 48.8 Å². The zero-order chi connectivity index (χ0) is 20.4. The number of benzene rings is 2. The number of ether oxygens (including phenoxy) is 1. The molecule has 4 rings (SSSR count). The van der Waals surface area contributed by atoms with Gasteiger partial charge in [0.2, 0.25) is 5.91 Å². The van der Waals surface area contributed by atoms with Crippen LogP contribution in [0.25, 0.3) is 0 Å². The molecular formula is C23H26N4O2. The molecule has 2 fully saturated rings. The molecule has 1 aliphatic heterocycles. The van der Waals surface area contributed by atoms with Crippen LogP contribution in [0, 0.1) is 16.7 Å². The number of amides is 1. The minimum absolute atomic E-state index is 0.242. The maximum Gasteiger partial charge on any atom is 0.225 e. The highest BCUT2D eigenvalue weighted by Gasteiger charge is 2.35. The van der Waals surface area contributed by atoms with E-state index in [4.69, 9.17) is 15.6 Å². The van der Waals surface area contributed by atoms with Gasteiger partial charge in [-0.2, -0.15) is 0 Å². The molecule has 2 aromatic rings. The fraction of sp³-hybridized carbons (Fsp3) is 0.348. The van der Waals surface area contributed by atoms with Gasteiger partial charge in [-0.15, -0.1) is 0 Å². The second kappa shape index (κ2) is 8.07. The lowest BCUT2D eigenvalue weighted by atomic mass is 9.96. The van der Waals surface area contributed by atoms with E-state index in [1.807, 2.05) is 58.3 Å². The van der Waals surface area contributed by atoms with Crippen molar-refractivity contribution in [1.29, 1.82) is 10.8 Å². The van der Waals surface area contributed by atoms with Crippen molar-refractivity contribution >= 4 is 17.5 Å². The van der Waals surface area contributed by atoms with Crippen molar-refractivity contribution in [3.63, 3.8) is 0 Å². The zero-order valence-corrected chi connectivity index (χ0v) is 16.6. The molecule has 6 heteroatoms. The molecule has 0 atom stereocenters. The van der Waals surface area contributed by atoms with Gasteiger partial charge >= 0.3 is 0 Å². The molecule has 1 aliphatic carbocycles. The van der Waals surface area contributed by atoms with Gasteiger partial charge in [-0.1, -0.05) is 24.3 Å². The molecule has 0 unspecified atom stereocenters. The molecule has 150 valence electrons. The van der Waals surface area contributed by atoms with E-state index in [0.717, 1.165) is 35.3 Å². The maximum atomic E-state index is 12.3. The van der Waals surface area contributed by atoms with Crippen molar-refractivity contribution in [2.24, 2.45) is 5.92 Å². The summed E-state index contributed by atoms with van der Waals surface area (Å²) in [5.41, 5.74) is 2.65. The maximum absolute atomic E-state index is 12.3. The molecule has 1 saturated carbocycles. The molecule has 1 heterocycles. The van der Waals surface area contributed by atoms with Crippen LogP contribution in [-0.2, 0) is 4.79 Å². The Hall–Kier alpha value is -3.15.